The molecule has 4 heteroatoms. The minimum Gasteiger partial charge on any atom is -0.354 e. The number of carbonyl (C=O) groups is 1. The van der Waals surface area contributed by atoms with Crippen LogP contribution in [0.15, 0.2) is 0 Å². The van der Waals surface area contributed by atoms with Gasteiger partial charge in [-0.05, 0) is 19.1 Å². The molecule has 1 aliphatic rings. The van der Waals surface area contributed by atoms with Gasteiger partial charge in [0.2, 0.25) is 5.91 Å². The Kier molecular flexibility index (Phi) is 4.26. The largest absolute Gasteiger partial charge is 0.354 e. The molecule has 0 heterocycles. The number of rotatable bonds is 5. The third-order valence-corrected chi connectivity index (χ3v) is 4.11. The van der Waals surface area contributed by atoms with E-state index in [0.29, 0.717) is 11.8 Å². The van der Waals surface area contributed by atoms with E-state index in [-0.39, 0.29) is 11.3 Å². The summed E-state index contributed by atoms with van der Waals surface area (Å²) >= 11 is 1.76. The van der Waals surface area contributed by atoms with Gasteiger partial charge in [0.15, 0.2) is 0 Å². The summed E-state index contributed by atoms with van der Waals surface area (Å²) in [6, 6.07) is 0. The van der Waals surface area contributed by atoms with Gasteiger partial charge in [-0.15, -0.1) is 0 Å². The van der Waals surface area contributed by atoms with Crippen molar-refractivity contribution in [2.24, 2.45) is 11.1 Å². The van der Waals surface area contributed by atoms with Crippen LogP contribution in [0.1, 0.15) is 26.2 Å². The predicted octanol–water partition coefficient (Wildman–Crippen LogP) is 0.983. The van der Waals surface area contributed by atoms with Crippen molar-refractivity contribution in [2.45, 2.75) is 31.4 Å². The summed E-state index contributed by atoms with van der Waals surface area (Å²) in [5.41, 5.74) is 5.42. The number of nitrogens with two attached hydrogens (primary N) is 1. The first-order chi connectivity index (χ1) is 6.64. The molecule has 3 nitrogen and oxygen atoms in total. The summed E-state index contributed by atoms with van der Waals surface area (Å²) in [5.74, 6) is 0.159. The fraction of sp³-hybridized carbons (Fsp3) is 0.900. The van der Waals surface area contributed by atoms with Crippen molar-refractivity contribution in [2.75, 3.05) is 19.3 Å². The molecular formula is C10H20N2OS. The Morgan fingerprint density at radius 3 is 2.64 bits per heavy atom. The quantitative estimate of drug-likeness (QED) is 0.720. The van der Waals surface area contributed by atoms with Crippen LogP contribution < -0.4 is 11.1 Å². The number of amides is 1. The minimum atomic E-state index is -0.224. The molecule has 1 rings (SSSR count). The highest BCUT2D eigenvalue weighted by Crippen LogP contribution is 2.39. The number of nitrogens with one attached hydrogen (secondary N) is 1. The van der Waals surface area contributed by atoms with Crippen molar-refractivity contribution >= 4 is 17.7 Å². The molecule has 0 bridgehead atoms. The Morgan fingerprint density at radius 1 is 1.64 bits per heavy atom. The van der Waals surface area contributed by atoms with Crippen LogP contribution in [0.4, 0.5) is 0 Å². The molecule has 1 saturated carbocycles. The molecule has 3 N–H and O–H groups in total. The highest BCUT2D eigenvalue weighted by molar-refractivity contribution is 7.99. The van der Waals surface area contributed by atoms with Crippen molar-refractivity contribution in [3.8, 4) is 0 Å². The van der Waals surface area contributed by atoms with Crippen LogP contribution in [-0.4, -0.2) is 30.5 Å². The van der Waals surface area contributed by atoms with Crippen LogP contribution in [0.3, 0.4) is 0 Å². The lowest BCUT2D eigenvalue weighted by Crippen LogP contribution is -2.51. The van der Waals surface area contributed by atoms with Crippen LogP contribution in [0.5, 0.6) is 0 Å². The SMILES string of the molecule is CSC(C)CNC(=O)C1(CN)CCC1. The zero-order chi connectivity index (χ0) is 10.6. The smallest absolute Gasteiger partial charge is 0.227 e. The summed E-state index contributed by atoms with van der Waals surface area (Å²) in [5, 5.41) is 3.47. The maximum atomic E-state index is 11.8. The van der Waals surface area contributed by atoms with Gasteiger partial charge in [-0.3, -0.25) is 4.79 Å². The maximum Gasteiger partial charge on any atom is 0.227 e. The highest BCUT2D eigenvalue weighted by atomic mass is 32.2. The number of carbonyl (C=O) groups excluding carboxylic acids is 1. The van der Waals surface area contributed by atoms with Gasteiger partial charge in [-0.1, -0.05) is 13.3 Å². The van der Waals surface area contributed by atoms with E-state index in [9.17, 15) is 4.79 Å². The summed E-state index contributed by atoms with van der Waals surface area (Å²) < 4.78 is 0. The molecule has 0 spiro atoms. The van der Waals surface area contributed by atoms with E-state index in [4.69, 9.17) is 5.73 Å². The standard InChI is InChI=1S/C10H20N2OS/c1-8(14-2)6-12-9(13)10(7-11)4-3-5-10/h8H,3-7,11H2,1-2H3,(H,12,13). The van der Waals surface area contributed by atoms with E-state index in [0.717, 1.165) is 25.8 Å². The topological polar surface area (TPSA) is 55.1 Å². The molecule has 1 amide bonds. The van der Waals surface area contributed by atoms with E-state index in [1.807, 2.05) is 0 Å². The molecule has 0 radical (unpaired) electrons. The second-order valence-electron chi connectivity index (χ2n) is 4.09. The zero-order valence-corrected chi connectivity index (χ0v) is 9.82. The van der Waals surface area contributed by atoms with Gasteiger partial charge in [-0.25, -0.2) is 0 Å². The molecule has 1 aliphatic carbocycles. The molecular weight excluding hydrogens is 196 g/mol. The molecule has 1 fully saturated rings. The van der Waals surface area contributed by atoms with Gasteiger partial charge in [0.05, 0.1) is 5.41 Å². The second kappa shape index (κ2) is 5.03. The predicted molar refractivity (Wildman–Crippen MR) is 61.3 cm³/mol. The highest BCUT2D eigenvalue weighted by Gasteiger charge is 2.42. The fourth-order valence-corrected chi connectivity index (χ4v) is 1.88. The van der Waals surface area contributed by atoms with E-state index >= 15 is 0 Å². The third kappa shape index (κ3) is 2.42. The molecule has 0 aromatic rings. The van der Waals surface area contributed by atoms with E-state index in [1.165, 1.54) is 0 Å². The Morgan fingerprint density at radius 2 is 2.29 bits per heavy atom. The van der Waals surface area contributed by atoms with Gasteiger partial charge in [-0.2, -0.15) is 11.8 Å². The van der Waals surface area contributed by atoms with Crippen molar-refractivity contribution < 1.29 is 4.79 Å². The molecule has 82 valence electrons. The normalized spacial score (nSPS) is 21.1. The molecule has 0 aromatic heterocycles. The van der Waals surface area contributed by atoms with Crippen LogP contribution in [0.2, 0.25) is 0 Å². The first-order valence-corrected chi connectivity index (χ1v) is 6.44. The number of thioether (sulfide) groups is 1. The first-order valence-electron chi connectivity index (χ1n) is 5.16. The Balaban J connectivity index is 2.34. The fourth-order valence-electron chi connectivity index (χ4n) is 1.63. The van der Waals surface area contributed by atoms with Crippen LogP contribution in [0.25, 0.3) is 0 Å². The van der Waals surface area contributed by atoms with E-state index in [1.54, 1.807) is 11.8 Å². The summed E-state index contributed by atoms with van der Waals surface area (Å²) in [6.07, 6.45) is 5.12. The van der Waals surface area contributed by atoms with Crippen molar-refractivity contribution in [1.29, 1.82) is 0 Å². The van der Waals surface area contributed by atoms with Crippen molar-refractivity contribution in [1.82, 2.24) is 5.32 Å². The molecule has 1 atom stereocenters. The molecule has 1 unspecified atom stereocenters. The van der Waals surface area contributed by atoms with Crippen LogP contribution in [0, 0.1) is 5.41 Å². The summed E-state index contributed by atoms with van der Waals surface area (Å²) in [4.78, 5) is 11.8. The van der Waals surface area contributed by atoms with E-state index < -0.39 is 0 Å². The van der Waals surface area contributed by atoms with Crippen LogP contribution >= 0.6 is 11.8 Å². The average molecular weight is 216 g/mol. The van der Waals surface area contributed by atoms with Crippen molar-refractivity contribution in [3.63, 3.8) is 0 Å². The van der Waals surface area contributed by atoms with Gasteiger partial charge in [0.1, 0.15) is 0 Å². The molecule has 0 saturated heterocycles. The monoisotopic (exact) mass is 216 g/mol. The molecule has 0 aliphatic heterocycles. The molecule has 0 aromatic carbocycles. The van der Waals surface area contributed by atoms with Crippen LogP contribution in [-0.2, 0) is 4.79 Å². The van der Waals surface area contributed by atoms with Crippen molar-refractivity contribution in [3.05, 3.63) is 0 Å². The summed E-state index contributed by atoms with van der Waals surface area (Å²) in [6.45, 7) is 3.36. The summed E-state index contributed by atoms with van der Waals surface area (Å²) in [7, 11) is 0. The Hall–Kier alpha value is -0.220. The Labute approximate surface area is 90.2 Å². The number of hydrogen-bond acceptors (Lipinski definition) is 3. The number of hydrogen-bond donors (Lipinski definition) is 2. The third-order valence-electron chi connectivity index (χ3n) is 3.14. The molecule has 14 heavy (non-hydrogen) atoms. The van der Waals surface area contributed by atoms with Gasteiger partial charge < -0.3 is 11.1 Å². The van der Waals surface area contributed by atoms with E-state index in [2.05, 4.69) is 18.5 Å². The lowest BCUT2D eigenvalue weighted by molar-refractivity contribution is -0.135. The first kappa shape index (κ1) is 11.9. The lowest BCUT2D eigenvalue weighted by Gasteiger charge is -2.39. The van der Waals surface area contributed by atoms with Gasteiger partial charge >= 0.3 is 0 Å². The van der Waals surface area contributed by atoms with Gasteiger partial charge in [0, 0.05) is 18.3 Å². The Bertz CT molecular complexity index is 199. The minimum absolute atomic E-state index is 0.159. The zero-order valence-electron chi connectivity index (χ0n) is 9.01. The maximum absolute atomic E-state index is 11.8. The lowest BCUT2D eigenvalue weighted by atomic mass is 9.68. The second-order valence-corrected chi connectivity index (χ2v) is 5.37. The van der Waals surface area contributed by atoms with Gasteiger partial charge in [0.25, 0.3) is 0 Å². The average Bonchev–Trinajstić information content (AvgIpc) is 2.13.